The molecule has 1 heterocycles. The second-order valence-electron chi connectivity index (χ2n) is 5.03. The van der Waals surface area contributed by atoms with Crippen molar-refractivity contribution in [1.29, 1.82) is 0 Å². The maximum Gasteiger partial charge on any atom is 0.229 e. The van der Waals surface area contributed by atoms with Crippen molar-refractivity contribution in [2.75, 3.05) is 13.2 Å². The van der Waals surface area contributed by atoms with Crippen LogP contribution in [0.25, 0.3) is 0 Å². The molecule has 1 unspecified atom stereocenters. The number of amides is 1. The molecule has 3 nitrogen and oxygen atoms in total. The zero-order chi connectivity index (χ0) is 14.7. The lowest BCUT2D eigenvalue weighted by molar-refractivity contribution is -0.135. The summed E-state index contributed by atoms with van der Waals surface area (Å²) >= 11 is 0. The van der Waals surface area contributed by atoms with Crippen LogP contribution in [0.4, 0.5) is 4.39 Å². The smallest absolute Gasteiger partial charge is 0.229 e. The summed E-state index contributed by atoms with van der Waals surface area (Å²) in [6.45, 7) is 1.09. The molecule has 4 heteroatoms. The van der Waals surface area contributed by atoms with Gasteiger partial charge in [-0.25, -0.2) is 4.39 Å². The Balaban J connectivity index is 1.74. The molecule has 2 aromatic rings. The predicted octanol–water partition coefficient (Wildman–Crippen LogP) is 2.93. The first kappa shape index (κ1) is 13.8. The minimum absolute atomic E-state index is 0.0491. The van der Waals surface area contributed by atoms with Crippen molar-refractivity contribution in [3.63, 3.8) is 0 Å². The van der Waals surface area contributed by atoms with E-state index in [9.17, 15) is 9.18 Å². The molecule has 1 aliphatic rings. The number of hydrogen-bond acceptors (Lipinski definition) is 2. The van der Waals surface area contributed by atoms with Gasteiger partial charge in [0.2, 0.25) is 5.91 Å². The van der Waals surface area contributed by atoms with E-state index in [-0.39, 0.29) is 24.4 Å². The molecular weight excluding hydrogens is 269 g/mol. The lowest BCUT2D eigenvalue weighted by Gasteiger charge is -2.23. The molecule has 3 rings (SSSR count). The number of nitrogens with zero attached hydrogens (tertiary/aromatic N) is 1. The maximum atomic E-state index is 13.2. The Bertz CT molecular complexity index is 630. The van der Waals surface area contributed by atoms with E-state index >= 15 is 0 Å². The molecule has 1 aliphatic heterocycles. The molecule has 0 radical (unpaired) electrons. The van der Waals surface area contributed by atoms with Crippen molar-refractivity contribution >= 4 is 5.91 Å². The van der Waals surface area contributed by atoms with Gasteiger partial charge in [0.15, 0.2) is 6.23 Å². The fourth-order valence-electron chi connectivity index (χ4n) is 2.54. The van der Waals surface area contributed by atoms with E-state index in [2.05, 4.69) is 0 Å². The number of carbonyl (C=O) groups excluding carboxylic acids is 1. The monoisotopic (exact) mass is 285 g/mol. The third-order valence-corrected chi connectivity index (χ3v) is 3.54. The SMILES string of the molecule is O=C(Cc1cccc(F)c1)N1CCOC1c1ccccc1. The van der Waals surface area contributed by atoms with E-state index < -0.39 is 0 Å². The predicted molar refractivity (Wildman–Crippen MR) is 77.0 cm³/mol. The summed E-state index contributed by atoms with van der Waals surface area (Å²) in [5.41, 5.74) is 1.64. The lowest BCUT2D eigenvalue weighted by atomic mass is 10.1. The number of halogens is 1. The highest BCUT2D eigenvalue weighted by atomic mass is 19.1. The van der Waals surface area contributed by atoms with Gasteiger partial charge in [-0.15, -0.1) is 0 Å². The molecule has 0 N–H and O–H groups in total. The molecule has 0 aliphatic carbocycles. The molecule has 21 heavy (non-hydrogen) atoms. The summed E-state index contributed by atoms with van der Waals surface area (Å²) in [7, 11) is 0. The zero-order valence-corrected chi connectivity index (χ0v) is 11.5. The highest BCUT2D eigenvalue weighted by Crippen LogP contribution is 2.27. The first-order valence-electron chi connectivity index (χ1n) is 6.94. The van der Waals surface area contributed by atoms with Crippen LogP contribution < -0.4 is 0 Å². The Morgan fingerprint density at radius 3 is 2.76 bits per heavy atom. The minimum atomic E-state index is -0.341. The topological polar surface area (TPSA) is 29.5 Å². The molecule has 1 amide bonds. The van der Waals surface area contributed by atoms with Gasteiger partial charge in [0, 0.05) is 12.1 Å². The van der Waals surface area contributed by atoms with Crippen LogP contribution in [0.3, 0.4) is 0 Å². The number of carbonyl (C=O) groups is 1. The van der Waals surface area contributed by atoms with Crippen molar-refractivity contribution in [3.05, 3.63) is 71.5 Å². The van der Waals surface area contributed by atoms with E-state index in [1.165, 1.54) is 12.1 Å². The Kier molecular flexibility index (Phi) is 3.97. The standard InChI is InChI=1S/C17H16FNO2/c18-15-8-4-5-13(11-15)12-16(20)19-9-10-21-17(19)14-6-2-1-3-7-14/h1-8,11,17H,9-10,12H2. The molecule has 0 aromatic heterocycles. The van der Waals surface area contributed by atoms with Crippen LogP contribution in [0.1, 0.15) is 17.4 Å². The van der Waals surface area contributed by atoms with Gasteiger partial charge in [0.05, 0.1) is 13.0 Å². The van der Waals surface area contributed by atoms with Crippen molar-refractivity contribution in [2.24, 2.45) is 0 Å². The van der Waals surface area contributed by atoms with Crippen molar-refractivity contribution in [3.8, 4) is 0 Å². The molecule has 1 atom stereocenters. The highest BCUT2D eigenvalue weighted by Gasteiger charge is 2.30. The highest BCUT2D eigenvalue weighted by molar-refractivity contribution is 5.79. The fraction of sp³-hybridized carbons (Fsp3) is 0.235. The molecule has 108 valence electrons. The summed E-state index contributed by atoms with van der Waals surface area (Å²) in [5.74, 6) is -0.371. The molecule has 1 saturated heterocycles. The summed E-state index contributed by atoms with van der Waals surface area (Å²) < 4.78 is 18.9. The zero-order valence-electron chi connectivity index (χ0n) is 11.5. The summed E-state index contributed by atoms with van der Waals surface area (Å²) in [4.78, 5) is 14.1. The Morgan fingerprint density at radius 1 is 1.19 bits per heavy atom. The molecule has 1 fully saturated rings. The average Bonchev–Trinajstić information content (AvgIpc) is 2.98. The Labute approximate surface area is 123 Å². The van der Waals surface area contributed by atoms with Gasteiger partial charge in [0.25, 0.3) is 0 Å². The van der Waals surface area contributed by atoms with E-state index in [1.807, 2.05) is 30.3 Å². The van der Waals surface area contributed by atoms with Gasteiger partial charge in [-0.1, -0.05) is 42.5 Å². The summed E-state index contributed by atoms with van der Waals surface area (Å²) in [6, 6.07) is 15.8. The van der Waals surface area contributed by atoms with E-state index in [1.54, 1.807) is 17.0 Å². The first-order valence-corrected chi connectivity index (χ1v) is 6.94. The van der Waals surface area contributed by atoms with Gasteiger partial charge in [-0.3, -0.25) is 4.79 Å². The molecule has 0 spiro atoms. The normalized spacial score (nSPS) is 18.0. The van der Waals surface area contributed by atoms with Gasteiger partial charge in [-0.05, 0) is 17.7 Å². The number of benzene rings is 2. The third kappa shape index (κ3) is 3.11. The number of hydrogen-bond donors (Lipinski definition) is 0. The maximum absolute atomic E-state index is 13.2. The van der Waals surface area contributed by atoms with Crippen LogP contribution in [0, 0.1) is 5.82 Å². The molecule has 2 aromatic carbocycles. The van der Waals surface area contributed by atoms with Crippen LogP contribution >= 0.6 is 0 Å². The Hall–Kier alpha value is -2.20. The lowest BCUT2D eigenvalue weighted by Crippen LogP contribution is -2.32. The van der Waals surface area contributed by atoms with Crippen LogP contribution in [-0.2, 0) is 16.0 Å². The number of rotatable bonds is 3. The van der Waals surface area contributed by atoms with Crippen molar-refractivity contribution < 1.29 is 13.9 Å². The summed E-state index contributed by atoms with van der Waals surface area (Å²) in [5, 5.41) is 0. The second-order valence-corrected chi connectivity index (χ2v) is 5.03. The van der Waals surface area contributed by atoms with Gasteiger partial charge >= 0.3 is 0 Å². The quantitative estimate of drug-likeness (QED) is 0.868. The molecule has 0 saturated carbocycles. The van der Waals surface area contributed by atoms with Gasteiger partial charge in [0.1, 0.15) is 5.82 Å². The second kappa shape index (κ2) is 6.06. The van der Waals surface area contributed by atoms with E-state index in [0.717, 1.165) is 5.56 Å². The van der Waals surface area contributed by atoms with Crippen molar-refractivity contribution in [1.82, 2.24) is 4.90 Å². The van der Waals surface area contributed by atoms with E-state index in [0.29, 0.717) is 18.7 Å². The number of ether oxygens (including phenoxy) is 1. The van der Waals surface area contributed by atoms with Crippen LogP contribution in [-0.4, -0.2) is 24.0 Å². The van der Waals surface area contributed by atoms with Crippen LogP contribution in [0.5, 0.6) is 0 Å². The Morgan fingerprint density at radius 2 is 2.00 bits per heavy atom. The average molecular weight is 285 g/mol. The van der Waals surface area contributed by atoms with Crippen molar-refractivity contribution in [2.45, 2.75) is 12.6 Å². The minimum Gasteiger partial charge on any atom is -0.352 e. The molecule has 0 bridgehead atoms. The fourth-order valence-corrected chi connectivity index (χ4v) is 2.54. The summed E-state index contributed by atoms with van der Waals surface area (Å²) in [6.07, 6.45) is -0.156. The van der Waals surface area contributed by atoms with Crippen LogP contribution in [0.15, 0.2) is 54.6 Å². The van der Waals surface area contributed by atoms with Gasteiger partial charge < -0.3 is 9.64 Å². The first-order chi connectivity index (χ1) is 10.2. The largest absolute Gasteiger partial charge is 0.352 e. The van der Waals surface area contributed by atoms with E-state index in [4.69, 9.17) is 4.74 Å². The van der Waals surface area contributed by atoms with Crippen LogP contribution in [0.2, 0.25) is 0 Å². The van der Waals surface area contributed by atoms with Gasteiger partial charge in [-0.2, -0.15) is 0 Å². The molecular formula is C17H16FNO2. The third-order valence-electron chi connectivity index (χ3n) is 3.54.